The number of hydrogen-bond acceptors (Lipinski definition) is 5. The average Bonchev–Trinajstić information content (AvgIpc) is 2.50. The number of rotatable bonds is 2. The number of hydrogen-bond donors (Lipinski definition) is 1. The quantitative estimate of drug-likeness (QED) is 0.453. The first kappa shape index (κ1) is 11.2. The van der Waals surface area contributed by atoms with Crippen molar-refractivity contribution in [2.45, 2.75) is 20.8 Å². The summed E-state index contributed by atoms with van der Waals surface area (Å²) < 4.78 is 4.81. The van der Waals surface area contributed by atoms with E-state index >= 15 is 0 Å². The number of carbonyl (C=O) groups is 1. The van der Waals surface area contributed by atoms with E-state index in [0.717, 1.165) is 6.20 Å². The molecule has 0 bridgehead atoms. The van der Waals surface area contributed by atoms with Gasteiger partial charge in [0.25, 0.3) is 5.88 Å². The van der Waals surface area contributed by atoms with Gasteiger partial charge in [0.15, 0.2) is 0 Å². The number of aromatic amines is 1. The fourth-order valence-corrected chi connectivity index (χ4v) is 0.719. The highest BCUT2D eigenvalue weighted by Crippen LogP contribution is 2.25. The molecule has 0 unspecified atom stereocenters. The number of esters is 1. The lowest BCUT2D eigenvalue weighted by Crippen LogP contribution is -2.25. The Hall–Kier alpha value is -1.92. The van der Waals surface area contributed by atoms with Crippen LogP contribution < -0.4 is 4.74 Å². The molecule has 0 amide bonds. The van der Waals surface area contributed by atoms with Crippen LogP contribution in [-0.2, 0) is 4.79 Å². The molecule has 0 spiro atoms. The van der Waals surface area contributed by atoms with Crippen molar-refractivity contribution in [1.82, 2.24) is 10.2 Å². The first-order valence-electron chi connectivity index (χ1n) is 4.22. The first-order valence-corrected chi connectivity index (χ1v) is 4.22. The molecule has 1 heterocycles. The third-order valence-electron chi connectivity index (χ3n) is 1.59. The fraction of sp³-hybridized carbons (Fsp3) is 0.500. The monoisotopic (exact) mass is 213 g/mol. The summed E-state index contributed by atoms with van der Waals surface area (Å²) >= 11 is 0. The molecule has 15 heavy (non-hydrogen) atoms. The minimum absolute atomic E-state index is 0.236. The second kappa shape index (κ2) is 3.68. The van der Waals surface area contributed by atoms with Crippen LogP contribution in [0.25, 0.3) is 0 Å². The van der Waals surface area contributed by atoms with E-state index < -0.39 is 16.3 Å². The molecule has 0 aliphatic heterocycles. The van der Waals surface area contributed by atoms with Gasteiger partial charge in [0.05, 0.1) is 10.3 Å². The van der Waals surface area contributed by atoms with E-state index in [-0.39, 0.29) is 11.6 Å². The molecule has 0 saturated carbocycles. The van der Waals surface area contributed by atoms with Gasteiger partial charge >= 0.3 is 11.7 Å². The van der Waals surface area contributed by atoms with Gasteiger partial charge < -0.3 is 4.74 Å². The lowest BCUT2D eigenvalue weighted by molar-refractivity contribution is -0.385. The topological polar surface area (TPSA) is 98.1 Å². The summed E-state index contributed by atoms with van der Waals surface area (Å²) in [5.41, 5.74) is -1.08. The molecule has 0 atom stereocenters. The Bertz CT molecular complexity index is 391. The van der Waals surface area contributed by atoms with Crippen LogP contribution in [0.2, 0.25) is 0 Å². The van der Waals surface area contributed by atoms with Crippen LogP contribution in [0.5, 0.6) is 5.88 Å². The van der Waals surface area contributed by atoms with Crippen molar-refractivity contribution in [2.24, 2.45) is 5.41 Å². The molecule has 0 fully saturated rings. The largest absolute Gasteiger partial charge is 0.401 e. The Morgan fingerprint density at radius 2 is 2.20 bits per heavy atom. The van der Waals surface area contributed by atoms with Gasteiger partial charge in [0.2, 0.25) is 0 Å². The van der Waals surface area contributed by atoms with Crippen molar-refractivity contribution >= 4 is 11.7 Å². The SMILES string of the molecule is CC(C)(C)C(=O)Oc1[nH]ncc1[N+](=O)[O-]. The Balaban J connectivity index is 2.86. The van der Waals surface area contributed by atoms with Crippen LogP contribution in [0.15, 0.2) is 6.20 Å². The zero-order valence-electron chi connectivity index (χ0n) is 8.60. The third kappa shape index (κ3) is 2.52. The molecule has 0 radical (unpaired) electrons. The second-order valence-corrected chi connectivity index (χ2v) is 3.98. The van der Waals surface area contributed by atoms with E-state index in [0.29, 0.717) is 0 Å². The maximum atomic E-state index is 11.4. The van der Waals surface area contributed by atoms with Crippen molar-refractivity contribution in [3.8, 4) is 5.88 Å². The molecule has 7 heteroatoms. The zero-order chi connectivity index (χ0) is 11.6. The van der Waals surface area contributed by atoms with E-state index in [1.54, 1.807) is 20.8 Å². The summed E-state index contributed by atoms with van der Waals surface area (Å²) in [6, 6.07) is 0. The molecule has 1 aromatic heterocycles. The maximum absolute atomic E-state index is 11.4. The van der Waals surface area contributed by atoms with E-state index in [9.17, 15) is 14.9 Å². The molecule has 7 nitrogen and oxygen atoms in total. The minimum Gasteiger partial charge on any atom is -0.401 e. The standard InChI is InChI=1S/C8H11N3O4/c1-8(2,3)7(12)15-6-5(11(13)14)4-9-10-6/h4H,1-3H3,(H,9,10). The summed E-state index contributed by atoms with van der Waals surface area (Å²) in [7, 11) is 0. The maximum Gasteiger partial charge on any atom is 0.350 e. The third-order valence-corrected chi connectivity index (χ3v) is 1.59. The van der Waals surface area contributed by atoms with Gasteiger partial charge in [-0.3, -0.25) is 14.9 Å². The minimum atomic E-state index is -0.723. The number of nitro groups is 1. The molecule has 1 aromatic rings. The Kier molecular flexibility index (Phi) is 2.74. The van der Waals surface area contributed by atoms with Crippen molar-refractivity contribution in [1.29, 1.82) is 0 Å². The van der Waals surface area contributed by atoms with Crippen LogP contribution in [-0.4, -0.2) is 21.1 Å². The highest BCUT2D eigenvalue weighted by Gasteiger charge is 2.28. The van der Waals surface area contributed by atoms with E-state index in [1.807, 2.05) is 0 Å². The zero-order valence-corrected chi connectivity index (χ0v) is 8.60. The van der Waals surface area contributed by atoms with Gasteiger partial charge in [-0.2, -0.15) is 5.10 Å². The van der Waals surface area contributed by atoms with Gasteiger partial charge in [0.1, 0.15) is 6.20 Å². The molecule has 0 aliphatic carbocycles. The smallest absolute Gasteiger partial charge is 0.350 e. The predicted molar refractivity (Wildman–Crippen MR) is 50.3 cm³/mol. The molecule has 1 rings (SSSR count). The Morgan fingerprint density at radius 3 is 2.67 bits per heavy atom. The fourth-order valence-electron chi connectivity index (χ4n) is 0.719. The Morgan fingerprint density at radius 1 is 1.60 bits per heavy atom. The number of nitrogens with one attached hydrogen (secondary N) is 1. The van der Waals surface area contributed by atoms with Crippen molar-refractivity contribution in [2.75, 3.05) is 0 Å². The Labute approximate surface area is 85.6 Å². The number of aromatic nitrogens is 2. The normalized spacial score (nSPS) is 11.1. The van der Waals surface area contributed by atoms with E-state index in [4.69, 9.17) is 4.74 Å². The van der Waals surface area contributed by atoms with E-state index in [2.05, 4.69) is 10.2 Å². The van der Waals surface area contributed by atoms with Gasteiger partial charge in [-0.1, -0.05) is 0 Å². The number of ether oxygens (including phenoxy) is 1. The highest BCUT2D eigenvalue weighted by atomic mass is 16.6. The highest BCUT2D eigenvalue weighted by molar-refractivity contribution is 5.78. The van der Waals surface area contributed by atoms with Gasteiger partial charge in [0, 0.05) is 0 Å². The van der Waals surface area contributed by atoms with Crippen molar-refractivity contribution < 1.29 is 14.5 Å². The lowest BCUT2D eigenvalue weighted by atomic mass is 9.97. The number of nitrogens with zero attached hydrogens (tertiary/aromatic N) is 2. The van der Waals surface area contributed by atoms with Crippen LogP contribution in [0, 0.1) is 15.5 Å². The first-order chi connectivity index (χ1) is 6.82. The predicted octanol–water partition coefficient (Wildman–Crippen LogP) is 1.27. The molecule has 0 saturated heterocycles. The van der Waals surface area contributed by atoms with Gasteiger partial charge in [-0.15, -0.1) is 0 Å². The average molecular weight is 213 g/mol. The van der Waals surface area contributed by atoms with Crippen molar-refractivity contribution in [3.05, 3.63) is 16.3 Å². The van der Waals surface area contributed by atoms with Gasteiger partial charge in [-0.05, 0) is 20.8 Å². The molecule has 1 N–H and O–H groups in total. The molecule has 82 valence electrons. The molecule has 0 aromatic carbocycles. The van der Waals surface area contributed by atoms with Crippen LogP contribution in [0.3, 0.4) is 0 Å². The van der Waals surface area contributed by atoms with Gasteiger partial charge in [-0.25, -0.2) is 5.10 Å². The summed E-state index contributed by atoms with van der Waals surface area (Å²) in [5.74, 6) is -0.797. The number of H-pyrrole nitrogens is 1. The van der Waals surface area contributed by atoms with Crippen LogP contribution >= 0.6 is 0 Å². The summed E-state index contributed by atoms with van der Waals surface area (Å²) in [5, 5.41) is 16.2. The number of carbonyl (C=O) groups excluding carboxylic acids is 1. The summed E-state index contributed by atoms with van der Waals surface area (Å²) in [4.78, 5) is 21.2. The van der Waals surface area contributed by atoms with Crippen LogP contribution in [0.1, 0.15) is 20.8 Å². The molecule has 0 aliphatic rings. The van der Waals surface area contributed by atoms with Crippen molar-refractivity contribution in [3.63, 3.8) is 0 Å². The lowest BCUT2D eigenvalue weighted by Gasteiger charge is -2.14. The molecular formula is C8H11N3O4. The van der Waals surface area contributed by atoms with Crippen LogP contribution in [0.4, 0.5) is 5.69 Å². The summed E-state index contributed by atoms with van der Waals surface area (Å²) in [6.07, 6.45) is 0.991. The second-order valence-electron chi connectivity index (χ2n) is 3.98. The molecular weight excluding hydrogens is 202 g/mol. The van der Waals surface area contributed by atoms with E-state index in [1.165, 1.54) is 0 Å². The summed E-state index contributed by atoms with van der Waals surface area (Å²) in [6.45, 7) is 4.95.